The zero-order valence-corrected chi connectivity index (χ0v) is 11.7. The molecule has 0 fully saturated rings. The van der Waals surface area contributed by atoms with Crippen molar-refractivity contribution in [1.29, 1.82) is 0 Å². The molecule has 1 aromatic rings. The molecule has 108 valence electrons. The molecule has 0 saturated heterocycles. The summed E-state index contributed by atoms with van der Waals surface area (Å²) in [6, 6.07) is 2.22. The van der Waals surface area contributed by atoms with Crippen molar-refractivity contribution in [3.63, 3.8) is 0 Å². The van der Waals surface area contributed by atoms with E-state index in [2.05, 4.69) is 0 Å². The van der Waals surface area contributed by atoms with E-state index in [4.69, 9.17) is 4.74 Å². The Hall–Kier alpha value is -1.16. The summed E-state index contributed by atoms with van der Waals surface area (Å²) in [6.45, 7) is 3.99. The van der Waals surface area contributed by atoms with E-state index in [1.807, 2.05) is 13.8 Å². The molecule has 1 unspecified atom stereocenters. The Morgan fingerprint density at radius 1 is 1.11 bits per heavy atom. The normalized spacial score (nSPS) is 12.8. The molecule has 0 aromatic heterocycles. The van der Waals surface area contributed by atoms with Gasteiger partial charge in [-0.15, -0.1) is 0 Å². The van der Waals surface area contributed by atoms with Gasteiger partial charge in [-0.25, -0.2) is 8.78 Å². The lowest BCUT2D eigenvalue weighted by atomic mass is 9.88. The maximum absolute atomic E-state index is 13.9. The average molecular weight is 272 g/mol. The van der Waals surface area contributed by atoms with Crippen molar-refractivity contribution in [2.45, 2.75) is 45.6 Å². The monoisotopic (exact) mass is 272 g/mol. The first-order chi connectivity index (χ1) is 9.04. The molecule has 0 aliphatic carbocycles. The van der Waals surface area contributed by atoms with Gasteiger partial charge in [-0.3, -0.25) is 0 Å². The average Bonchev–Trinajstić information content (AvgIpc) is 2.37. The third-order valence-corrected chi connectivity index (χ3v) is 3.35. The van der Waals surface area contributed by atoms with Gasteiger partial charge < -0.3 is 9.84 Å². The molecule has 1 atom stereocenters. The highest BCUT2D eigenvalue weighted by atomic mass is 19.1. The Morgan fingerprint density at radius 2 is 1.58 bits per heavy atom. The molecule has 0 aliphatic heterocycles. The fourth-order valence-electron chi connectivity index (χ4n) is 2.40. The molecule has 0 heterocycles. The maximum atomic E-state index is 13.9. The Bertz CT molecular complexity index is 378. The van der Waals surface area contributed by atoms with E-state index < -0.39 is 17.7 Å². The SMILES string of the molecule is CCCC(CCC)C(O)c1c(F)cc(OC)cc1F. The van der Waals surface area contributed by atoms with Gasteiger partial charge in [0.1, 0.15) is 17.4 Å². The van der Waals surface area contributed by atoms with Crippen LogP contribution in [0.25, 0.3) is 0 Å². The van der Waals surface area contributed by atoms with E-state index in [-0.39, 0.29) is 17.2 Å². The van der Waals surface area contributed by atoms with Gasteiger partial charge in [-0.05, 0) is 18.8 Å². The van der Waals surface area contributed by atoms with E-state index in [0.717, 1.165) is 37.8 Å². The summed E-state index contributed by atoms with van der Waals surface area (Å²) in [5, 5.41) is 10.2. The van der Waals surface area contributed by atoms with Crippen molar-refractivity contribution in [2.75, 3.05) is 7.11 Å². The number of rotatable bonds is 7. The van der Waals surface area contributed by atoms with Crippen LogP contribution in [0.3, 0.4) is 0 Å². The summed E-state index contributed by atoms with van der Waals surface area (Å²) in [6.07, 6.45) is 2.15. The summed E-state index contributed by atoms with van der Waals surface area (Å²) in [7, 11) is 1.35. The van der Waals surface area contributed by atoms with Crippen molar-refractivity contribution >= 4 is 0 Å². The molecule has 0 spiro atoms. The smallest absolute Gasteiger partial charge is 0.135 e. The predicted octanol–water partition coefficient (Wildman–Crippen LogP) is 4.22. The summed E-state index contributed by atoms with van der Waals surface area (Å²) in [4.78, 5) is 0. The van der Waals surface area contributed by atoms with E-state index in [9.17, 15) is 13.9 Å². The molecule has 19 heavy (non-hydrogen) atoms. The number of benzene rings is 1. The minimum atomic E-state index is -1.11. The van der Waals surface area contributed by atoms with Crippen LogP contribution in [0.15, 0.2) is 12.1 Å². The third-order valence-electron chi connectivity index (χ3n) is 3.35. The highest BCUT2D eigenvalue weighted by Gasteiger charge is 2.26. The molecule has 0 aliphatic rings. The largest absolute Gasteiger partial charge is 0.497 e. The number of hydrogen-bond donors (Lipinski definition) is 1. The molecular weight excluding hydrogens is 250 g/mol. The zero-order valence-electron chi connectivity index (χ0n) is 11.7. The quantitative estimate of drug-likeness (QED) is 0.805. The fraction of sp³-hybridized carbons (Fsp3) is 0.600. The van der Waals surface area contributed by atoms with Crippen LogP contribution in [0, 0.1) is 17.6 Å². The third kappa shape index (κ3) is 3.90. The Labute approximate surface area is 113 Å². The van der Waals surface area contributed by atoms with Crippen LogP contribution in [0.4, 0.5) is 8.78 Å². The van der Waals surface area contributed by atoms with E-state index in [0.29, 0.717) is 0 Å². The van der Waals surface area contributed by atoms with Gasteiger partial charge in [-0.1, -0.05) is 26.7 Å². The number of halogens is 2. The van der Waals surface area contributed by atoms with Crippen molar-refractivity contribution < 1.29 is 18.6 Å². The Morgan fingerprint density at radius 3 is 1.95 bits per heavy atom. The second-order valence-electron chi connectivity index (χ2n) is 4.79. The van der Waals surface area contributed by atoms with Crippen molar-refractivity contribution in [1.82, 2.24) is 0 Å². The number of ether oxygens (including phenoxy) is 1. The fourth-order valence-corrected chi connectivity index (χ4v) is 2.40. The Kier molecular flexibility index (Phi) is 6.22. The minimum absolute atomic E-state index is 0.118. The highest BCUT2D eigenvalue weighted by molar-refractivity contribution is 5.32. The van der Waals surface area contributed by atoms with Gasteiger partial charge in [0.25, 0.3) is 0 Å². The second kappa shape index (κ2) is 7.43. The van der Waals surface area contributed by atoms with Gasteiger partial charge in [0.15, 0.2) is 0 Å². The lowest BCUT2D eigenvalue weighted by Crippen LogP contribution is -2.16. The van der Waals surface area contributed by atoms with E-state index >= 15 is 0 Å². The first-order valence-electron chi connectivity index (χ1n) is 6.76. The molecule has 0 bridgehead atoms. The topological polar surface area (TPSA) is 29.5 Å². The van der Waals surface area contributed by atoms with Crippen LogP contribution in [-0.2, 0) is 0 Å². The number of aliphatic hydroxyl groups is 1. The molecule has 0 radical (unpaired) electrons. The summed E-state index contributed by atoms with van der Waals surface area (Å²) in [5.41, 5.74) is -0.243. The number of methoxy groups -OCH3 is 1. The summed E-state index contributed by atoms with van der Waals surface area (Å²) < 4.78 is 32.6. The van der Waals surface area contributed by atoms with E-state index in [1.54, 1.807) is 0 Å². The van der Waals surface area contributed by atoms with Gasteiger partial charge in [0.05, 0.1) is 18.8 Å². The molecule has 2 nitrogen and oxygen atoms in total. The van der Waals surface area contributed by atoms with Crippen LogP contribution in [0.5, 0.6) is 5.75 Å². The van der Waals surface area contributed by atoms with Crippen molar-refractivity contribution in [3.05, 3.63) is 29.3 Å². The number of aliphatic hydroxyl groups excluding tert-OH is 1. The van der Waals surface area contributed by atoms with Crippen LogP contribution >= 0.6 is 0 Å². The standard InChI is InChI=1S/C15H22F2O2/c1-4-6-10(7-5-2)15(18)14-12(16)8-11(19-3)9-13(14)17/h8-10,15,18H,4-7H2,1-3H3. The summed E-state index contributed by atoms with van der Waals surface area (Å²) in [5.74, 6) is -1.50. The van der Waals surface area contributed by atoms with Crippen LogP contribution in [-0.4, -0.2) is 12.2 Å². The second-order valence-corrected chi connectivity index (χ2v) is 4.79. The van der Waals surface area contributed by atoms with Gasteiger partial charge >= 0.3 is 0 Å². The molecule has 0 saturated carbocycles. The number of hydrogen-bond acceptors (Lipinski definition) is 2. The minimum Gasteiger partial charge on any atom is -0.497 e. The first kappa shape index (κ1) is 15.9. The van der Waals surface area contributed by atoms with Crippen molar-refractivity contribution in [3.8, 4) is 5.75 Å². The van der Waals surface area contributed by atoms with Crippen molar-refractivity contribution in [2.24, 2.45) is 5.92 Å². The Balaban J connectivity index is 3.06. The maximum Gasteiger partial charge on any atom is 0.135 e. The van der Waals surface area contributed by atoms with Gasteiger partial charge in [0.2, 0.25) is 0 Å². The highest BCUT2D eigenvalue weighted by Crippen LogP contribution is 2.34. The molecule has 4 heteroatoms. The van der Waals surface area contributed by atoms with Crippen LogP contribution in [0.1, 0.15) is 51.2 Å². The predicted molar refractivity (Wildman–Crippen MR) is 71.2 cm³/mol. The van der Waals surface area contributed by atoms with Gasteiger partial charge in [0, 0.05) is 12.1 Å². The lowest BCUT2D eigenvalue weighted by Gasteiger charge is -2.23. The lowest BCUT2D eigenvalue weighted by molar-refractivity contribution is 0.0891. The zero-order chi connectivity index (χ0) is 14.4. The molecular formula is C15H22F2O2. The van der Waals surface area contributed by atoms with Crippen LogP contribution < -0.4 is 4.74 Å². The molecule has 0 amide bonds. The van der Waals surface area contributed by atoms with E-state index in [1.165, 1.54) is 7.11 Å². The molecule has 1 rings (SSSR count). The van der Waals surface area contributed by atoms with Crippen LogP contribution in [0.2, 0.25) is 0 Å². The first-order valence-corrected chi connectivity index (χ1v) is 6.76. The molecule has 1 N–H and O–H groups in total. The van der Waals surface area contributed by atoms with Gasteiger partial charge in [-0.2, -0.15) is 0 Å². The molecule has 1 aromatic carbocycles. The summed E-state index contributed by atoms with van der Waals surface area (Å²) >= 11 is 0.